The number of nitrogens with zero attached hydrogens (tertiary/aromatic N) is 5. The summed E-state index contributed by atoms with van der Waals surface area (Å²) in [6, 6.07) is 14.8. The maximum atomic E-state index is 15.2. The molecule has 0 saturated heterocycles. The van der Waals surface area contributed by atoms with Gasteiger partial charge in [0.15, 0.2) is 0 Å². The van der Waals surface area contributed by atoms with Gasteiger partial charge in [-0.1, -0.05) is 32.0 Å². The lowest BCUT2D eigenvalue weighted by Gasteiger charge is -2.17. The average molecular weight is 569 g/mol. The van der Waals surface area contributed by atoms with Gasteiger partial charge in [-0.15, -0.1) is 0 Å². The van der Waals surface area contributed by atoms with Crippen molar-refractivity contribution in [1.82, 2.24) is 24.3 Å². The summed E-state index contributed by atoms with van der Waals surface area (Å²) in [6.07, 6.45) is 1.64. The molecule has 3 N–H and O–H groups in total. The van der Waals surface area contributed by atoms with Gasteiger partial charge in [0.1, 0.15) is 17.3 Å². The molecule has 2 amide bonds. The minimum atomic E-state index is -0.651. The number of anilines is 3. The molecule has 0 aliphatic rings. The van der Waals surface area contributed by atoms with Gasteiger partial charge >= 0.3 is 6.03 Å². The number of hydrogen-bond donors (Lipinski definition) is 3. The van der Waals surface area contributed by atoms with Crippen LogP contribution in [0.1, 0.15) is 50.9 Å². The van der Waals surface area contributed by atoms with E-state index in [4.69, 9.17) is 0 Å². The first-order valence-electron chi connectivity index (χ1n) is 13.7. The molecule has 0 unspecified atom stereocenters. The number of fused-ring (bicyclic) bond motifs is 1. The zero-order valence-electron chi connectivity index (χ0n) is 24.4. The molecule has 0 radical (unpaired) electrons. The van der Waals surface area contributed by atoms with E-state index in [-0.39, 0.29) is 23.2 Å². The molecule has 0 spiro atoms. The molecular weight excluding hydrogens is 535 g/mol. The summed E-state index contributed by atoms with van der Waals surface area (Å²) in [5, 5.41) is 13.6. The van der Waals surface area contributed by atoms with Gasteiger partial charge in [0, 0.05) is 36.3 Å². The first-order chi connectivity index (χ1) is 20.1. The lowest BCUT2D eigenvalue weighted by atomic mass is 9.99. The highest BCUT2D eigenvalue weighted by molar-refractivity contribution is 6.00. The topological polar surface area (TPSA) is 119 Å². The number of halogens is 1. The largest absolute Gasteiger partial charge is 0.357 e. The molecular formula is C31H33FN8O2. The minimum Gasteiger partial charge on any atom is -0.357 e. The number of aromatic nitrogens is 5. The van der Waals surface area contributed by atoms with Gasteiger partial charge in [-0.25, -0.2) is 18.9 Å². The molecule has 3 heterocycles. The summed E-state index contributed by atoms with van der Waals surface area (Å²) < 4.78 is 18.4. The number of nitrogens with one attached hydrogen (secondary N) is 3. The van der Waals surface area contributed by atoms with Crippen LogP contribution in [0, 0.1) is 12.7 Å². The van der Waals surface area contributed by atoms with Gasteiger partial charge in [0.05, 0.1) is 17.1 Å². The first kappa shape index (κ1) is 28.5. The van der Waals surface area contributed by atoms with Gasteiger partial charge < -0.3 is 10.6 Å². The lowest BCUT2D eigenvalue weighted by Crippen LogP contribution is -2.25. The fourth-order valence-corrected chi connectivity index (χ4v) is 4.78. The molecule has 10 nitrogen and oxygen atoms in total. The van der Waals surface area contributed by atoms with E-state index < -0.39 is 11.8 Å². The van der Waals surface area contributed by atoms with Gasteiger partial charge in [-0.2, -0.15) is 10.1 Å². The summed E-state index contributed by atoms with van der Waals surface area (Å²) in [5.41, 5.74) is 3.09. The normalized spacial score (nSPS) is 11.4. The summed E-state index contributed by atoms with van der Waals surface area (Å²) >= 11 is 0. The van der Waals surface area contributed by atoms with Gasteiger partial charge in [-0.05, 0) is 68.1 Å². The molecule has 0 fully saturated rings. The van der Waals surface area contributed by atoms with E-state index in [2.05, 4.69) is 31.0 Å². The van der Waals surface area contributed by atoms with Crippen molar-refractivity contribution in [3.8, 4) is 16.8 Å². The monoisotopic (exact) mass is 568 g/mol. The SMILES string of the molecule is CNc1ncc2cc(-c3cc(NC(=O)Nc4cc(C(C)C)nn4-c4ccccc4)c(F)cc3C)c(=O)n(C(C)C)c2n1. The Bertz CT molecular complexity index is 1840. The van der Waals surface area contributed by atoms with Crippen LogP contribution in [0.25, 0.3) is 27.8 Å². The number of benzene rings is 2. The summed E-state index contributed by atoms with van der Waals surface area (Å²) in [7, 11) is 1.71. The number of hydrogen-bond acceptors (Lipinski definition) is 6. The Kier molecular flexibility index (Phi) is 7.75. The molecule has 2 aromatic carbocycles. The van der Waals surface area contributed by atoms with Crippen molar-refractivity contribution in [3.05, 3.63) is 88.2 Å². The maximum Gasteiger partial charge on any atom is 0.324 e. The zero-order chi connectivity index (χ0) is 30.1. The Balaban J connectivity index is 1.52. The molecule has 3 aromatic heterocycles. The Labute approximate surface area is 242 Å². The van der Waals surface area contributed by atoms with Crippen molar-refractivity contribution in [2.45, 2.75) is 46.6 Å². The first-order valence-corrected chi connectivity index (χ1v) is 13.7. The zero-order valence-corrected chi connectivity index (χ0v) is 24.4. The number of urea groups is 1. The van der Waals surface area contributed by atoms with E-state index >= 15 is 4.39 Å². The fraction of sp³-hybridized carbons (Fsp3) is 0.258. The smallest absolute Gasteiger partial charge is 0.324 e. The van der Waals surface area contributed by atoms with E-state index in [1.54, 1.807) is 41.5 Å². The highest BCUT2D eigenvalue weighted by Gasteiger charge is 2.20. The number of para-hydroxylation sites is 1. The molecule has 5 rings (SSSR count). The molecule has 0 aliphatic carbocycles. The number of aryl methyl sites for hydroxylation is 1. The second-order valence-corrected chi connectivity index (χ2v) is 10.6. The van der Waals surface area contributed by atoms with Crippen LogP contribution in [0.15, 0.2) is 65.6 Å². The highest BCUT2D eigenvalue weighted by atomic mass is 19.1. The molecule has 42 heavy (non-hydrogen) atoms. The molecule has 11 heteroatoms. The third kappa shape index (κ3) is 5.45. The van der Waals surface area contributed by atoms with E-state index in [0.717, 1.165) is 11.4 Å². The molecule has 0 bridgehead atoms. The number of carbonyl (C=O) groups is 1. The van der Waals surface area contributed by atoms with Crippen LogP contribution in [0.2, 0.25) is 0 Å². The predicted octanol–water partition coefficient (Wildman–Crippen LogP) is 6.48. The third-order valence-electron chi connectivity index (χ3n) is 6.93. The van der Waals surface area contributed by atoms with Crippen LogP contribution in [0.3, 0.4) is 0 Å². The van der Waals surface area contributed by atoms with Crippen LogP contribution in [0.4, 0.5) is 26.6 Å². The summed E-state index contributed by atoms with van der Waals surface area (Å²) in [6.45, 7) is 9.53. The van der Waals surface area contributed by atoms with E-state index in [1.165, 1.54) is 12.1 Å². The second-order valence-electron chi connectivity index (χ2n) is 10.6. The standard InChI is InChI=1S/C31H33FN8O2/c1-17(2)25-15-27(40(38-25)21-10-8-7-9-11-21)36-31(42)35-26-14-22(19(5)12-24(26)32)23-13-20-16-34-30(33-6)37-28(20)39(18(3)4)29(23)41/h7-18H,1-6H3,(H,33,34,37)(H2,35,36,42). The predicted molar refractivity (Wildman–Crippen MR) is 164 cm³/mol. The van der Waals surface area contributed by atoms with Gasteiger partial charge in [0.25, 0.3) is 5.56 Å². The van der Waals surface area contributed by atoms with Crippen LogP contribution in [-0.2, 0) is 0 Å². The van der Waals surface area contributed by atoms with Crippen LogP contribution >= 0.6 is 0 Å². The van der Waals surface area contributed by atoms with E-state index in [1.807, 2.05) is 58.0 Å². The van der Waals surface area contributed by atoms with Gasteiger partial charge in [0.2, 0.25) is 5.95 Å². The maximum absolute atomic E-state index is 15.2. The minimum absolute atomic E-state index is 0.0691. The summed E-state index contributed by atoms with van der Waals surface area (Å²) in [5.74, 6) is 0.333. The Morgan fingerprint density at radius 3 is 2.38 bits per heavy atom. The highest BCUT2D eigenvalue weighted by Crippen LogP contribution is 2.30. The third-order valence-corrected chi connectivity index (χ3v) is 6.93. The molecule has 0 atom stereocenters. The average Bonchev–Trinajstić information content (AvgIpc) is 3.38. The van der Waals surface area contributed by atoms with Crippen LogP contribution in [0.5, 0.6) is 0 Å². The molecule has 0 saturated carbocycles. The van der Waals surface area contributed by atoms with Crippen molar-refractivity contribution in [2.75, 3.05) is 23.0 Å². The Morgan fingerprint density at radius 1 is 0.976 bits per heavy atom. The molecule has 5 aromatic rings. The quantitative estimate of drug-likeness (QED) is 0.207. The van der Waals surface area contributed by atoms with Crippen molar-refractivity contribution in [1.29, 1.82) is 0 Å². The Hall–Kier alpha value is -5.06. The Morgan fingerprint density at radius 2 is 1.71 bits per heavy atom. The van der Waals surface area contributed by atoms with Crippen molar-refractivity contribution >= 4 is 34.5 Å². The van der Waals surface area contributed by atoms with Crippen molar-refractivity contribution in [3.63, 3.8) is 0 Å². The molecule has 0 aliphatic heterocycles. The fourth-order valence-electron chi connectivity index (χ4n) is 4.78. The second kappa shape index (κ2) is 11.4. The van der Waals surface area contributed by atoms with Gasteiger partial charge in [-0.3, -0.25) is 14.7 Å². The number of amides is 2. The van der Waals surface area contributed by atoms with Crippen LogP contribution < -0.4 is 21.5 Å². The molecule has 216 valence electrons. The van der Waals surface area contributed by atoms with E-state index in [0.29, 0.717) is 39.5 Å². The number of rotatable bonds is 7. The van der Waals surface area contributed by atoms with E-state index in [9.17, 15) is 9.59 Å². The summed E-state index contributed by atoms with van der Waals surface area (Å²) in [4.78, 5) is 35.7. The lowest BCUT2D eigenvalue weighted by molar-refractivity contribution is 0.262. The van der Waals surface area contributed by atoms with Crippen LogP contribution in [-0.4, -0.2) is 37.4 Å². The number of pyridine rings is 1. The number of carbonyl (C=O) groups excluding carboxylic acids is 1. The van der Waals surface area contributed by atoms with Crippen molar-refractivity contribution < 1.29 is 9.18 Å². The van der Waals surface area contributed by atoms with Crippen molar-refractivity contribution in [2.24, 2.45) is 0 Å².